The van der Waals surface area contributed by atoms with Gasteiger partial charge in [0.25, 0.3) is 0 Å². The van der Waals surface area contributed by atoms with E-state index in [4.69, 9.17) is 5.41 Å². The van der Waals surface area contributed by atoms with Gasteiger partial charge in [0.15, 0.2) is 0 Å². The number of nitrogens with zero attached hydrogens (tertiary/aromatic N) is 3. The molecule has 3 atom stereocenters. The van der Waals surface area contributed by atoms with Crippen LogP contribution in [0.1, 0.15) is 162 Å². The van der Waals surface area contributed by atoms with E-state index < -0.39 is 0 Å². The maximum Gasteiger partial charge on any atom is 0.220 e. The topological polar surface area (TPSA) is 111 Å². The lowest BCUT2D eigenvalue weighted by Gasteiger charge is -2.26. The van der Waals surface area contributed by atoms with Crippen LogP contribution in [0.25, 0.3) is 5.70 Å². The molecule has 1 saturated heterocycles. The molecule has 1 amide bonds. The first-order valence-electron chi connectivity index (χ1n) is 19.1. The number of amides is 1. The third kappa shape index (κ3) is 12.7. The van der Waals surface area contributed by atoms with E-state index in [1.54, 1.807) is 0 Å². The number of aromatic nitrogens is 4. The fourth-order valence-electron chi connectivity index (χ4n) is 6.85. The minimum absolute atomic E-state index is 0.211. The highest BCUT2D eigenvalue weighted by atomic mass is 16.1. The van der Waals surface area contributed by atoms with Crippen LogP contribution in [0.4, 0.5) is 0 Å². The van der Waals surface area contributed by atoms with E-state index >= 15 is 0 Å². The normalized spacial score (nSPS) is 19.5. The maximum absolute atomic E-state index is 10.5. The third-order valence-corrected chi connectivity index (χ3v) is 10.3. The van der Waals surface area contributed by atoms with Crippen LogP contribution in [-0.4, -0.2) is 37.9 Å². The molecule has 3 fully saturated rings. The molecule has 3 heterocycles. The van der Waals surface area contributed by atoms with Gasteiger partial charge in [-0.15, -0.1) is 0 Å². The molecule has 268 valence electrons. The van der Waals surface area contributed by atoms with E-state index in [2.05, 4.69) is 78.0 Å². The molecular formula is C40H67N7O. The van der Waals surface area contributed by atoms with Gasteiger partial charge in [0.1, 0.15) is 5.82 Å². The Morgan fingerprint density at radius 2 is 1.81 bits per heavy atom. The number of allylic oxidation sites excluding steroid dienone is 3. The molecule has 0 aromatic carbocycles. The van der Waals surface area contributed by atoms with Crippen LogP contribution in [0.2, 0.25) is 0 Å². The molecule has 3 aliphatic rings. The Morgan fingerprint density at radius 3 is 2.33 bits per heavy atom. The molecule has 2 aliphatic carbocycles. The molecule has 0 bridgehead atoms. The standard InChI is InChI=1S/C21H33N5.C13H23N.C6H11NO/c1-5-15(3)8-7-9-18(19-14-22-16(4)24-19)25-21(17-10-11-17)20-12-13-23-26(20)6-2;1-4-10(2)13(11(3)14)12-8-6-5-7-9-12;1-5-2-3-6(8)7-4-5/h12-15,18,25H,5-11H2,1-4H3,(H,22,24);12,14H,4-9H2,1-3H3;5H,2-4H2,1H3,(H,7,8). The van der Waals surface area contributed by atoms with Gasteiger partial charge in [0, 0.05) is 31.4 Å². The van der Waals surface area contributed by atoms with Crippen molar-refractivity contribution in [2.75, 3.05) is 6.54 Å². The second-order valence-electron chi connectivity index (χ2n) is 14.5. The van der Waals surface area contributed by atoms with Gasteiger partial charge < -0.3 is 21.0 Å². The number of carbonyl (C=O) groups excluding carboxylic acids is 1. The summed E-state index contributed by atoms with van der Waals surface area (Å²) in [6.07, 6.45) is 20.8. The number of rotatable bonds is 13. The average Bonchev–Trinajstić information content (AvgIpc) is 3.66. The minimum Gasteiger partial charge on any atom is -0.375 e. The second kappa shape index (κ2) is 20.4. The van der Waals surface area contributed by atoms with E-state index in [1.165, 1.54) is 98.0 Å². The molecule has 0 spiro atoms. The van der Waals surface area contributed by atoms with E-state index in [0.717, 1.165) is 56.2 Å². The van der Waals surface area contributed by atoms with Gasteiger partial charge in [0.05, 0.1) is 29.3 Å². The Bertz CT molecular complexity index is 1330. The van der Waals surface area contributed by atoms with Crippen LogP contribution >= 0.6 is 0 Å². The number of H-pyrrole nitrogens is 1. The van der Waals surface area contributed by atoms with E-state index in [-0.39, 0.29) is 11.9 Å². The molecule has 8 heteroatoms. The molecule has 8 nitrogen and oxygen atoms in total. The summed E-state index contributed by atoms with van der Waals surface area (Å²) < 4.78 is 2.09. The van der Waals surface area contributed by atoms with Crippen molar-refractivity contribution < 1.29 is 4.79 Å². The highest BCUT2D eigenvalue weighted by molar-refractivity contribution is 5.96. The average molecular weight is 662 g/mol. The largest absolute Gasteiger partial charge is 0.375 e. The first kappa shape index (κ1) is 39.3. The molecule has 2 saturated carbocycles. The first-order valence-corrected chi connectivity index (χ1v) is 19.1. The predicted octanol–water partition coefficient (Wildman–Crippen LogP) is 9.85. The van der Waals surface area contributed by atoms with Crippen molar-refractivity contribution in [3.05, 3.63) is 52.4 Å². The minimum atomic E-state index is 0.211. The van der Waals surface area contributed by atoms with Crippen LogP contribution in [-0.2, 0) is 11.3 Å². The lowest BCUT2D eigenvalue weighted by atomic mass is 9.80. The lowest BCUT2D eigenvalue weighted by molar-refractivity contribution is -0.122. The third-order valence-electron chi connectivity index (χ3n) is 10.3. The van der Waals surface area contributed by atoms with Crippen molar-refractivity contribution in [1.82, 2.24) is 30.4 Å². The number of hydrogen-bond acceptors (Lipinski definition) is 5. The molecule has 3 unspecified atom stereocenters. The van der Waals surface area contributed by atoms with E-state index in [0.29, 0.717) is 11.8 Å². The van der Waals surface area contributed by atoms with E-state index in [9.17, 15) is 4.79 Å². The van der Waals surface area contributed by atoms with Crippen molar-refractivity contribution in [3.8, 4) is 0 Å². The fraction of sp³-hybridized carbons (Fsp3) is 0.700. The fourth-order valence-corrected chi connectivity index (χ4v) is 6.85. The number of hydrogen-bond donors (Lipinski definition) is 4. The van der Waals surface area contributed by atoms with Crippen molar-refractivity contribution in [1.29, 1.82) is 5.41 Å². The van der Waals surface area contributed by atoms with Crippen molar-refractivity contribution in [2.45, 2.75) is 158 Å². The number of aryl methyl sites for hydroxylation is 2. The zero-order valence-electron chi connectivity index (χ0n) is 31.6. The number of imidazole rings is 1. The Morgan fingerprint density at radius 1 is 1.08 bits per heavy atom. The highest BCUT2D eigenvalue weighted by Crippen LogP contribution is 2.37. The van der Waals surface area contributed by atoms with Gasteiger partial charge in [0.2, 0.25) is 5.91 Å². The molecule has 4 N–H and O–H groups in total. The number of carbonyl (C=O) groups is 1. The zero-order chi connectivity index (χ0) is 35.1. The summed E-state index contributed by atoms with van der Waals surface area (Å²) in [5.41, 5.74) is 8.80. The van der Waals surface area contributed by atoms with Crippen LogP contribution in [0.15, 0.2) is 35.2 Å². The highest BCUT2D eigenvalue weighted by Gasteiger charge is 2.25. The SMILES string of the molecule is CC1CCC(=O)NC1.CCC(C)=C(C(C)=N)C1CCCCC1.CCC(C)CCCC(NC(=C1CC1)c1ccnn1CC)c1cnc(C)[nH]1. The summed E-state index contributed by atoms with van der Waals surface area (Å²) in [7, 11) is 0. The van der Waals surface area contributed by atoms with Crippen LogP contribution in [0.5, 0.6) is 0 Å². The number of piperidine rings is 1. The quantitative estimate of drug-likeness (QED) is 0.160. The van der Waals surface area contributed by atoms with Crippen LogP contribution in [0, 0.1) is 30.1 Å². The molecule has 2 aromatic rings. The van der Waals surface area contributed by atoms with Crippen molar-refractivity contribution in [3.63, 3.8) is 0 Å². The van der Waals surface area contributed by atoms with Gasteiger partial charge in [-0.3, -0.25) is 9.48 Å². The second-order valence-corrected chi connectivity index (χ2v) is 14.5. The van der Waals surface area contributed by atoms with Crippen LogP contribution < -0.4 is 10.6 Å². The Balaban J connectivity index is 0.000000236. The number of nitrogens with one attached hydrogen (secondary N) is 4. The van der Waals surface area contributed by atoms with Gasteiger partial charge in [-0.25, -0.2) is 4.98 Å². The van der Waals surface area contributed by atoms with Gasteiger partial charge >= 0.3 is 0 Å². The molecular weight excluding hydrogens is 594 g/mol. The Hall–Kier alpha value is -3.16. The summed E-state index contributed by atoms with van der Waals surface area (Å²) in [5.74, 6) is 3.37. The number of aromatic amines is 1. The molecule has 0 radical (unpaired) electrons. The summed E-state index contributed by atoms with van der Waals surface area (Å²) in [6.45, 7) is 19.0. The van der Waals surface area contributed by atoms with Gasteiger partial charge in [-0.1, -0.05) is 71.8 Å². The molecule has 48 heavy (non-hydrogen) atoms. The van der Waals surface area contributed by atoms with Crippen molar-refractivity contribution >= 4 is 17.3 Å². The molecule has 1 aliphatic heterocycles. The van der Waals surface area contributed by atoms with E-state index in [1.807, 2.05) is 26.2 Å². The van der Waals surface area contributed by atoms with Crippen molar-refractivity contribution in [2.24, 2.45) is 17.8 Å². The lowest BCUT2D eigenvalue weighted by Crippen LogP contribution is -2.33. The summed E-state index contributed by atoms with van der Waals surface area (Å²) in [6, 6.07) is 2.40. The smallest absolute Gasteiger partial charge is 0.220 e. The Labute approximate surface area is 291 Å². The summed E-state index contributed by atoms with van der Waals surface area (Å²) in [4.78, 5) is 18.4. The Kier molecular flexibility index (Phi) is 16.7. The summed E-state index contributed by atoms with van der Waals surface area (Å²) in [5, 5.41) is 19.0. The monoisotopic (exact) mass is 662 g/mol. The maximum atomic E-state index is 10.5. The van der Waals surface area contributed by atoms with Gasteiger partial charge in [-0.2, -0.15) is 5.10 Å². The van der Waals surface area contributed by atoms with Crippen LogP contribution in [0.3, 0.4) is 0 Å². The predicted molar refractivity (Wildman–Crippen MR) is 201 cm³/mol. The summed E-state index contributed by atoms with van der Waals surface area (Å²) >= 11 is 0. The molecule has 5 rings (SSSR count). The zero-order valence-corrected chi connectivity index (χ0v) is 31.6. The molecule has 2 aromatic heterocycles. The first-order chi connectivity index (χ1) is 23.1. The van der Waals surface area contributed by atoms with Gasteiger partial charge in [-0.05, 0) is 108 Å².